The van der Waals surface area contributed by atoms with Crippen molar-refractivity contribution in [1.82, 2.24) is 29.9 Å². The summed E-state index contributed by atoms with van der Waals surface area (Å²) in [6, 6.07) is 5.27. The van der Waals surface area contributed by atoms with Crippen molar-refractivity contribution in [3.05, 3.63) is 93.0 Å². The summed E-state index contributed by atoms with van der Waals surface area (Å²) in [4.78, 5) is 18.6. The molecule has 3 heterocycles. The van der Waals surface area contributed by atoms with Gasteiger partial charge in [-0.2, -0.15) is 45.3 Å². The van der Waals surface area contributed by atoms with Crippen LogP contribution in [0.2, 0.25) is 5.02 Å². The minimum atomic E-state index is -5.19. The van der Waals surface area contributed by atoms with Crippen molar-refractivity contribution in [2.24, 2.45) is 5.41 Å². The zero-order valence-electron chi connectivity index (χ0n) is 33.9. The first-order valence-electron chi connectivity index (χ1n) is 19.1. The highest BCUT2D eigenvalue weighted by Crippen LogP contribution is 2.97. The van der Waals surface area contributed by atoms with E-state index in [4.69, 9.17) is 11.6 Å². The number of rotatable bonds is 11. The molecular formula is C40H32ClF10N7O5S2. The largest absolute Gasteiger partial charge is 0.435 e. The van der Waals surface area contributed by atoms with Gasteiger partial charge in [0.2, 0.25) is 15.9 Å². The number of halogens is 11. The van der Waals surface area contributed by atoms with Crippen LogP contribution in [0, 0.1) is 28.9 Å². The lowest BCUT2D eigenvalue weighted by Gasteiger charge is -2.24. The van der Waals surface area contributed by atoms with Gasteiger partial charge in [-0.3, -0.25) is 18.9 Å². The van der Waals surface area contributed by atoms with Gasteiger partial charge in [-0.1, -0.05) is 23.6 Å². The number of nitrogens with one attached hydrogen (secondary N) is 2. The number of benzene rings is 2. The second kappa shape index (κ2) is 14.5. The van der Waals surface area contributed by atoms with Gasteiger partial charge in [0.25, 0.3) is 5.92 Å². The summed E-state index contributed by atoms with van der Waals surface area (Å²) in [5, 5.41) is 9.11. The Labute approximate surface area is 367 Å². The lowest BCUT2D eigenvalue weighted by molar-refractivity contribution is -0.143. The summed E-state index contributed by atoms with van der Waals surface area (Å²) in [5.74, 6) is -2.78. The molecule has 25 heteroatoms. The molecule has 346 valence electrons. The number of nitrogens with zero attached hydrogens (tertiary/aromatic N) is 5. The number of sulfone groups is 1. The lowest BCUT2D eigenvalue weighted by Crippen LogP contribution is -2.36. The highest BCUT2D eigenvalue weighted by Gasteiger charge is 2.98. The molecule has 0 spiro atoms. The number of carbonyl (C=O) groups is 1. The average molecular weight is 980 g/mol. The summed E-state index contributed by atoms with van der Waals surface area (Å²) < 4.78 is 197. The maximum absolute atomic E-state index is 15.9. The molecule has 1 atom stereocenters. The molecule has 0 bridgehead atoms. The zero-order valence-corrected chi connectivity index (χ0v) is 36.3. The molecule has 2 N–H and O–H groups in total. The van der Waals surface area contributed by atoms with E-state index in [0.29, 0.717) is 17.0 Å². The Morgan fingerprint density at radius 1 is 0.923 bits per heavy atom. The van der Waals surface area contributed by atoms with E-state index in [0.717, 1.165) is 18.4 Å². The summed E-state index contributed by atoms with van der Waals surface area (Å²) in [7, 11) is -8.06. The maximum atomic E-state index is 15.9. The van der Waals surface area contributed by atoms with Crippen LogP contribution in [0.15, 0.2) is 42.5 Å². The number of sulfonamides is 1. The van der Waals surface area contributed by atoms with Gasteiger partial charge in [-0.05, 0) is 74.9 Å². The SMILES string of the molecule is CC(C)(C#Cc1ccc(-c2ccc(Cl)c3c(NS(C)(=O)=O)nn(CC(F)(F)F)c23)c([C@H](Cc2cc(F)cc(F)c2)NC(=O)Cn2nc(C(F)(F)F)c3c2C(F)(F)C24CC32C4)n1)S(C)(=O)=O. The smallest absolute Gasteiger partial charge is 0.346 e. The Balaban J connectivity index is 1.33. The number of amides is 1. The monoisotopic (exact) mass is 979 g/mol. The van der Waals surface area contributed by atoms with Gasteiger partial charge in [0, 0.05) is 34.4 Å². The number of hydrogen-bond acceptors (Lipinski definition) is 8. The van der Waals surface area contributed by atoms with Gasteiger partial charge in [0.15, 0.2) is 21.3 Å². The fraction of sp³-hybridized carbons (Fsp3) is 0.400. The van der Waals surface area contributed by atoms with Crippen LogP contribution in [-0.4, -0.2) is 70.7 Å². The predicted octanol–water partition coefficient (Wildman–Crippen LogP) is 7.59. The molecule has 0 radical (unpaired) electrons. The molecule has 0 saturated heterocycles. The first-order chi connectivity index (χ1) is 29.8. The second-order valence-corrected chi connectivity index (χ2v) is 21.6. The summed E-state index contributed by atoms with van der Waals surface area (Å²) in [6.45, 7) is -0.534. The van der Waals surface area contributed by atoms with Crippen LogP contribution < -0.4 is 10.0 Å². The Morgan fingerprint density at radius 3 is 2.14 bits per heavy atom. The zero-order chi connectivity index (χ0) is 47.8. The molecule has 8 rings (SSSR count). The number of pyridine rings is 1. The minimum absolute atomic E-state index is 0.192. The molecule has 3 aliphatic rings. The highest BCUT2D eigenvalue weighted by molar-refractivity contribution is 7.92. The summed E-state index contributed by atoms with van der Waals surface area (Å²) in [6.07, 6.45) is -9.61. The fourth-order valence-corrected chi connectivity index (χ4v) is 9.51. The van der Waals surface area contributed by atoms with E-state index >= 15 is 8.78 Å². The Bertz CT molecular complexity index is 3150. The fourth-order valence-electron chi connectivity index (χ4n) is 8.53. The molecule has 3 aromatic heterocycles. The van der Waals surface area contributed by atoms with E-state index in [2.05, 4.69) is 32.3 Å². The molecule has 12 nitrogen and oxygen atoms in total. The van der Waals surface area contributed by atoms with Crippen molar-refractivity contribution in [2.75, 3.05) is 17.2 Å². The molecule has 0 unspecified atom stereocenters. The first kappa shape index (κ1) is 46.1. The van der Waals surface area contributed by atoms with Crippen LogP contribution >= 0.6 is 11.6 Å². The quantitative estimate of drug-likeness (QED) is 0.101. The van der Waals surface area contributed by atoms with Crippen LogP contribution in [0.1, 0.15) is 66.6 Å². The van der Waals surface area contributed by atoms with Crippen molar-refractivity contribution in [1.29, 1.82) is 0 Å². The summed E-state index contributed by atoms with van der Waals surface area (Å²) >= 11 is 6.47. The van der Waals surface area contributed by atoms with Crippen molar-refractivity contribution in [3.8, 4) is 23.0 Å². The van der Waals surface area contributed by atoms with Crippen molar-refractivity contribution in [2.45, 2.75) is 80.7 Å². The standard InChI is InChI=1S/C40H32ClF10N7O5S2/c1-35(2,64(3,60)61)10-9-22-5-6-23(24-7-8-25(41)28-31(24)58(18-38(44,45)46)55-34(28)56-65(4,62)63)30(52-22)26(13-19-11-20(42)14-21(43)12-19)53-27(59)15-57-33-29(32(54-57)40(49,50)51)36-16-37(36,17-36)39(33,47)48/h5-8,11-12,14,26H,13,15-18H2,1-4H3,(H,53,59)(H,55,56)/t26-,36?,37?/m0/s1. The number of alkyl halides is 8. The molecule has 2 aromatic carbocycles. The molecule has 3 aliphatic carbocycles. The first-order valence-corrected chi connectivity index (χ1v) is 23.2. The average Bonchev–Trinajstić information content (AvgIpc) is 3.83. The van der Waals surface area contributed by atoms with E-state index in [1.165, 1.54) is 38.1 Å². The van der Waals surface area contributed by atoms with E-state index < -0.39 is 125 Å². The molecule has 2 fully saturated rings. The van der Waals surface area contributed by atoms with Gasteiger partial charge in [-0.25, -0.2) is 30.6 Å². The van der Waals surface area contributed by atoms with Gasteiger partial charge in [-0.15, -0.1) is 0 Å². The molecule has 2 saturated carbocycles. The Hall–Kier alpha value is -5.41. The second-order valence-electron chi connectivity index (χ2n) is 16.9. The van der Waals surface area contributed by atoms with E-state index in [9.17, 15) is 56.8 Å². The third-order valence-corrected chi connectivity index (χ3v) is 14.7. The maximum Gasteiger partial charge on any atom is 0.435 e. The van der Waals surface area contributed by atoms with Crippen molar-refractivity contribution < 1.29 is 65.5 Å². The van der Waals surface area contributed by atoms with E-state index in [1.807, 2.05) is 4.72 Å². The number of fused-ring (bicyclic) bond motifs is 2. The van der Waals surface area contributed by atoms with Gasteiger partial charge < -0.3 is 5.32 Å². The lowest BCUT2D eigenvalue weighted by atomic mass is 9.93. The summed E-state index contributed by atoms with van der Waals surface area (Å²) in [5.41, 5.74) is -8.22. The van der Waals surface area contributed by atoms with Crippen molar-refractivity contribution in [3.63, 3.8) is 0 Å². The topological polar surface area (TPSA) is 158 Å². The predicted molar refractivity (Wildman–Crippen MR) is 214 cm³/mol. The van der Waals surface area contributed by atoms with Crippen LogP contribution in [0.4, 0.5) is 49.7 Å². The molecular weight excluding hydrogens is 948 g/mol. The molecule has 1 amide bonds. The molecule has 65 heavy (non-hydrogen) atoms. The van der Waals surface area contributed by atoms with E-state index in [1.54, 1.807) is 0 Å². The molecule has 0 aliphatic heterocycles. The van der Waals surface area contributed by atoms with Crippen LogP contribution in [0.5, 0.6) is 0 Å². The van der Waals surface area contributed by atoms with Gasteiger partial charge in [0.1, 0.15) is 40.9 Å². The number of aromatic nitrogens is 5. The van der Waals surface area contributed by atoms with Gasteiger partial charge >= 0.3 is 12.4 Å². The highest BCUT2D eigenvalue weighted by atomic mass is 35.5. The third kappa shape index (κ3) is 7.95. The number of hydrogen-bond donors (Lipinski definition) is 2. The normalized spacial score (nSPS) is 20.4. The van der Waals surface area contributed by atoms with Crippen molar-refractivity contribution >= 4 is 54.1 Å². The van der Waals surface area contributed by atoms with E-state index in [-0.39, 0.29) is 56.0 Å². The third-order valence-electron chi connectivity index (χ3n) is 11.9. The van der Waals surface area contributed by atoms with Crippen LogP contribution in [0.25, 0.3) is 22.0 Å². The van der Waals surface area contributed by atoms with Crippen LogP contribution in [-0.2, 0) is 61.7 Å². The Morgan fingerprint density at radius 2 is 1.55 bits per heavy atom. The minimum Gasteiger partial charge on any atom is -0.346 e. The molecule has 5 aromatic rings. The number of anilines is 1. The van der Waals surface area contributed by atoms with Gasteiger partial charge in [0.05, 0.1) is 39.3 Å². The number of carbonyl (C=O) groups excluding carboxylic acids is 1. The Kier molecular flexibility index (Phi) is 10.3. The van der Waals surface area contributed by atoms with Crippen LogP contribution in [0.3, 0.4) is 0 Å².